The second kappa shape index (κ2) is 4.35. The van der Waals surface area contributed by atoms with E-state index in [2.05, 4.69) is 15.2 Å². The molecule has 0 saturated carbocycles. The van der Waals surface area contributed by atoms with Gasteiger partial charge >= 0.3 is 5.97 Å². The third-order valence-electron chi connectivity index (χ3n) is 2.82. The molecule has 0 aliphatic carbocycles. The second-order valence-electron chi connectivity index (χ2n) is 4.62. The maximum Gasteiger partial charge on any atom is 0.359 e. The number of para-hydroxylation sites is 1. The fraction of sp³-hybridized carbons (Fsp3) is 0.214. The Bertz CT molecular complexity index is 762. The summed E-state index contributed by atoms with van der Waals surface area (Å²) in [5.41, 5.74) is 1.87. The van der Waals surface area contributed by atoms with E-state index in [1.165, 1.54) is 0 Å². The highest BCUT2D eigenvalue weighted by Crippen LogP contribution is 2.23. The van der Waals surface area contributed by atoms with Crippen LogP contribution in [-0.4, -0.2) is 27.3 Å². The molecule has 0 aliphatic heterocycles. The second-order valence-corrected chi connectivity index (χ2v) is 4.62. The van der Waals surface area contributed by atoms with Crippen molar-refractivity contribution in [1.82, 2.24) is 15.2 Å². The average Bonchev–Trinajstić information content (AvgIpc) is 2.75. The summed E-state index contributed by atoms with van der Waals surface area (Å²) in [5, 5.41) is 9.84. The van der Waals surface area contributed by atoms with E-state index in [1.807, 2.05) is 24.3 Å². The van der Waals surface area contributed by atoms with Gasteiger partial charge in [-0.1, -0.05) is 18.2 Å². The Balaban J connectivity index is 2.14. The third-order valence-corrected chi connectivity index (χ3v) is 2.82. The molecule has 0 bridgehead atoms. The van der Waals surface area contributed by atoms with E-state index >= 15 is 0 Å². The third kappa shape index (κ3) is 2.03. The van der Waals surface area contributed by atoms with Crippen LogP contribution in [0.2, 0.25) is 0 Å². The molecule has 1 aromatic carbocycles. The van der Waals surface area contributed by atoms with Crippen molar-refractivity contribution in [2.45, 2.75) is 20.0 Å². The molecule has 0 atom stereocenters. The number of aromatic amines is 1. The van der Waals surface area contributed by atoms with Crippen LogP contribution < -0.4 is 0 Å². The Morgan fingerprint density at radius 1 is 1.21 bits per heavy atom. The minimum Gasteiger partial charge on any atom is -0.458 e. The summed E-state index contributed by atoms with van der Waals surface area (Å²) in [6.07, 6.45) is -0.173. The smallest absolute Gasteiger partial charge is 0.359 e. The minimum absolute atomic E-state index is 0.173. The first-order valence-corrected chi connectivity index (χ1v) is 6.10. The molecule has 96 valence electrons. The summed E-state index contributed by atoms with van der Waals surface area (Å²) in [6.45, 7) is 3.60. The van der Waals surface area contributed by atoms with E-state index < -0.39 is 5.97 Å². The Morgan fingerprint density at radius 3 is 2.79 bits per heavy atom. The summed E-state index contributed by atoms with van der Waals surface area (Å²) in [7, 11) is 0. The standard InChI is InChI=1S/C14H13N3O2/c1-8(2)19-14(18)12-7-10-9-5-3-4-6-11(9)15-13(10)17-16-12/h3-8H,1-2H3,(H,15,17). The molecule has 19 heavy (non-hydrogen) atoms. The number of hydrogen-bond donors (Lipinski definition) is 1. The Kier molecular flexibility index (Phi) is 2.67. The summed E-state index contributed by atoms with van der Waals surface area (Å²) < 4.78 is 5.12. The Morgan fingerprint density at radius 2 is 2.00 bits per heavy atom. The molecule has 2 aromatic heterocycles. The van der Waals surface area contributed by atoms with Crippen LogP contribution in [0.1, 0.15) is 24.3 Å². The Hall–Kier alpha value is -2.43. The lowest BCUT2D eigenvalue weighted by molar-refractivity contribution is 0.0370. The minimum atomic E-state index is -0.449. The van der Waals surface area contributed by atoms with Crippen LogP contribution in [-0.2, 0) is 4.74 Å². The van der Waals surface area contributed by atoms with Crippen LogP contribution in [0.3, 0.4) is 0 Å². The van der Waals surface area contributed by atoms with Crippen molar-refractivity contribution in [3.63, 3.8) is 0 Å². The molecule has 0 amide bonds. The van der Waals surface area contributed by atoms with Crippen LogP contribution in [0.4, 0.5) is 0 Å². The van der Waals surface area contributed by atoms with Gasteiger partial charge in [-0.25, -0.2) is 4.79 Å². The van der Waals surface area contributed by atoms with Gasteiger partial charge in [-0.3, -0.25) is 0 Å². The first kappa shape index (κ1) is 11.6. The van der Waals surface area contributed by atoms with Gasteiger partial charge in [0.05, 0.1) is 6.10 Å². The number of carbonyl (C=O) groups excluding carboxylic acids is 1. The van der Waals surface area contributed by atoms with Gasteiger partial charge in [0.15, 0.2) is 11.3 Å². The predicted octanol–water partition coefficient (Wildman–Crippen LogP) is 2.68. The molecule has 0 unspecified atom stereocenters. The number of H-pyrrole nitrogens is 1. The normalized spacial score (nSPS) is 11.3. The monoisotopic (exact) mass is 255 g/mol. The Labute approximate surface area is 109 Å². The molecule has 1 N–H and O–H groups in total. The van der Waals surface area contributed by atoms with Crippen LogP contribution >= 0.6 is 0 Å². The number of rotatable bonds is 2. The fourth-order valence-corrected chi connectivity index (χ4v) is 2.02. The summed E-state index contributed by atoms with van der Waals surface area (Å²) >= 11 is 0. The van der Waals surface area contributed by atoms with Gasteiger partial charge in [0.2, 0.25) is 0 Å². The maximum absolute atomic E-state index is 11.8. The molecule has 5 nitrogen and oxygen atoms in total. The molecule has 3 aromatic rings. The fourth-order valence-electron chi connectivity index (χ4n) is 2.02. The van der Waals surface area contributed by atoms with E-state index in [9.17, 15) is 4.79 Å². The lowest BCUT2D eigenvalue weighted by Gasteiger charge is -2.06. The van der Waals surface area contributed by atoms with Gasteiger partial charge in [0.1, 0.15) is 0 Å². The number of fused-ring (bicyclic) bond motifs is 3. The number of hydrogen-bond acceptors (Lipinski definition) is 4. The van der Waals surface area contributed by atoms with Crippen molar-refractivity contribution in [1.29, 1.82) is 0 Å². The summed E-state index contributed by atoms with van der Waals surface area (Å²) in [5.74, 6) is -0.449. The highest BCUT2D eigenvalue weighted by molar-refractivity contribution is 6.07. The molecule has 0 saturated heterocycles. The predicted molar refractivity (Wildman–Crippen MR) is 71.9 cm³/mol. The molecule has 0 fully saturated rings. The largest absolute Gasteiger partial charge is 0.458 e. The highest BCUT2D eigenvalue weighted by atomic mass is 16.5. The van der Waals surface area contributed by atoms with Gasteiger partial charge < -0.3 is 9.72 Å². The lowest BCUT2D eigenvalue weighted by atomic mass is 10.2. The number of benzene rings is 1. The van der Waals surface area contributed by atoms with Gasteiger partial charge in [0.25, 0.3) is 0 Å². The molecule has 0 spiro atoms. The molecule has 0 aliphatic rings. The van der Waals surface area contributed by atoms with Crippen LogP contribution in [0.5, 0.6) is 0 Å². The van der Waals surface area contributed by atoms with E-state index in [-0.39, 0.29) is 11.8 Å². The first-order chi connectivity index (χ1) is 9.15. The van der Waals surface area contributed by atoms with Gasteiger partial charge in [-0.2, -0.15) is 0 Å². The first-order valence-electron chi connectivity index (χ1n) is 6.10. The van der Waals surface area contributed by atoms with Crippen LogP contribution in [0.15, 0.2) is 30.3 Å². The zero-order valence-electron chi connectivity index (χ0n) is 10.7. The zero-order valence-corrected chi connectivity index (χ0v) is 10.7. The maximum atomic E-state index is 11.8. The quantitative estimate of drug-likeness (QED) is 0.715. The van der Waals surface area contributed by atoms with Gasteiger partial charge in [-0.05, 0) is 26.0 Å². The van der Waals surface area contributed by atoms with Crippen molar-refractivity contribution >= 4 is 27.9 Å². The molecule has 2 heterocycles. The number of carbonyl (C=O) groups is 1. The van der Waals surface area contributed by atoms with E-state index in [0.717, 1.165) is 16.3 Å². The zero-order chi connectivity index (χ0) is 13.4. The molecule has 3 rings (SSSR count). The van der Waals surface area contributed by atoms with Crippen molar-refractivity contribution in [3.8, 4) is 0 Å². The number of aromatic nitrogens is 3. The van der Waals surface area contributed by atoms with E-state index in [4.69, 9.17) is 4.74 Å². The van der Waals surface area contributed by atoms with Crippen LogP contribution in [0, 0.1) is 0 Å². The topological polar surface area (TPSA) is 67.9 Å². The van der Waals surface area contributed by atoms with Crippen molar-refractivity contribution in [3.05, 3.63) is 36.0 Å². The molecular formula is C14H13N3O2. The van der Waals surface area contributed by atoms with Crippen molar-refractivity contribution in [2.24, 2.45) is 0 Å². The van der Waals surface area contributed by atoms with Gasteiger partial charge in [-0.15, -0.1) is 10.2 Å². The molecular weight excluding hydrogens is 242 g/mol. The average molecular weight is 255 g/mol. The van der Waals surface area contributed by atoms with Crippen molar-refractivity contribution < 1.29 is 9.53 Å². The number of ether oxygens (including phenoxy) is 1. The SMILES string of the molecule is CC(C)OC(=O)c1cc2c(nn1)[nH]c1ccccc12. The lowest BCUT2D eigenvalue weighted by Crippen LogP contribution is -2.13. The molecule has 5 heteroatoms. The van der Waals surface area contributed by atoms with Crippen molar-refractivity contribution in [2.75, 3.05) is 0 Å². The van der Waals surface area contributed by atoms with E-state index in [1.54, 1.807) is 19.9 Å². The number of nitrogens with zero attached hydrogens (tertiary/aromatic N) is 2. The van der Waals surface area contributed by atoms with Gasteiger partial charge in [0, 0.05) is 16.3 Å². The summed E-state index contributed by atoms with van der Waals surface area (Å²) in [6, 6.07) is 9.55. The van der Waals surface area contributed by atoms with E-state index in [0.29, 0.717) is 5.65 Å². The highest BCUT2D eigenvalue weighted by Gasteiger charge is 2.14. The number of nitrogens with one attached hydrogen (secondary N) is 1. The van der Waals surface area contributed by atoms with Crippen LogP contribution in [0.25, 0.3) is 21.9 Å². The molecule has 0 radical (unpaired) electrons. The summed E-state index contributed by atoms with van der Waals surface area (Å²) in [4.78, 5) is 15.0. The number of esters is 1.